The topological polar surface area (TPSA) is 81.0 Å². The molecule has 20 heavy (non-hydrogen) atoms. The van der Waals surface area contributed by atoms with Crippen LogP contribution < -0.4 is 16.0 Å². The van der Waals surface area contributed by atoms with E-state index in [4.69, 9.17) is 10.5 Å². The van der Waals surface area contributed by atoms with Crippen LogP contribution in [-0.2, 0) is 0 Å². The highest BCUT2D eigenvalue weighted by atomic mass is 32.2. The van der Waals surface area contributed by atoms with Crippen molar-refractivity contribution in [1.29, 1.82) is 0 Å². The molecular formula is C14H17N3O2S. The van der Waals surface area contributed by atoms with Crippen molar-refractivity contribution in [3.05, 3.63) is 46.2 Å². The van der Waals surface area contributed by atoms with Gasteiger partial charge in [-0.05, 0) is 31.0 Å². The molecule has 1 aromatic heterocycles. The van der Waals surface area contributed by atoms with E-state index < -0.39 is 0 Å². The average Bonchev–Trinajstić information content (AvgIpc) is 2.37. The lowest BCUT2D eigenvalue weighted by Gasteiger charge is -2.06. The standard InChI is InChI=1S/C14H17N3O2S/c1-10-4-2-5-11(8-10)19-6-3-7-20-14-16-12(15)9-13(18)17-14/h2,4-5,8-9H,3,6-7H2,1H3,(H3,15,16,17,18). The van der Waals surface area contributed by atoms with E-state index in [1.807, 2.05) is 31.2 Å². The fourth-order valence-electron chi connectivity index (χ4n) is 1.64. The number of nitrogens with zero attached hydrogens (tertiary/aromatic N) is 1. The summed E-state index contributed by atoms with van der Waals surface area (Å²) >= 11 is 1.46. The number of nitrogens with one attached hydrogen (secondary N) is 1. The molecule has 0 aliphatic rings. The quantitative estimate of drug-likeness (QED) is 0.484. The minimum Gasteiger partial charge on any atom is -0.494 e. The second kappa shape index (κ2) is 7.00. The van der Waals surface area contributed by atoms with Crippen molar-refractivity contribution in [1.82, 2.24) is 9.97 Å². The SMILES string of the molecule is Cc1cccc(OCCCSc2nc(N)cc(=O)[nH]2)c1. The van der Waals surface area contributed by atoms with Crippen LogP contribution in [0.15, 0.2) is 40.3 Å². The molecule has 0 unspecified atom stereocenters. The molecular weight excluding hydrogens is 274 g/mol. The van der Waals surface area contributed by atoms with Crippen LogP contribution in [0.25, 0.3) is 0 Å². The van der Waals surface area contributed by atoms with E-state index in [0.29, 0.717) is 11.8 Å². The van der Waals surface area contributed by atoms with Gasteiger partial charge >= 0.3 is 0 Å². The number of ether oxygens (including phenoxy) is 1. The lowest BCUT2D eigenvalue weighted by atomic mass is 10.2. The van der Waals surface area contributed by atoms with Gasteiger partial charge in [-0.1, -0.05) is 23.9 Å². The Labute approximate surface area is 121 Å². The zero-order valence-corrected chi connectivity index (χ0v) is 12.1. The van der Waals surface area contributed by atoms with Crippen LogP contribution in [0, 0.1) is 6.92 Å². The largest absolute Gasteiger partial charge is 0.494 e. The van der Waals surface area contributed by atoms with E-state index in [-0.39, 0.29) is 11.4 Å². The molecule has 0 radical (unpaired) electrons. The summed E-state index contributed by atoms with van der Waals surface area (Å²) in [4.78, 5) is 17.9. The molecule has 6 heteroatoms. The number of rotatable bonds is 6. The van der Waals surface area contributed by atoms with Crippen LogP contribution in [0.5, 0.6) is 5.75 Å². The van der Waals surface area contributed by atoms with Gasteiger partial charge in [0.05, 0.1) is 6.61 Å². The third-order valence-corrected chi connectivity index (χ3v) is 3.49. The number of nitrogen functional groups attached to an aromatic ring is 1. The molecule has 0 amide bonds. The van der Waals surface area contributed by atoms with E-state index in [0.717, 1.165) is 17.9 Å². The predicted octanol–water partition coefficient (Wildman–Crippen LogP) is 2.22. The molecule has 5 nitrogen and oxygen atoms in total. The van der Waals surface area contributed by atoms with Crippen molar-refractivity contribution in [3.8, 4) is 5.75 Å². The fraction of sp³-hybridized carbons (Fsp3) is 0.286. The minimum atomic E-state index is -0.226. The normalized spacial score (nSPS) is 10.4. The van der Waals surface area contributed by atoms with Crippen molar-refractivity contribution >= 4 is 17.6 Å². The van der Waals surface area contributed by atoms with Gasteiger partial charge in [-0.15, -0.1) is 0 Å². The third-order valence-electron chi connectivity index (χ3n) is 2.53. The summed E-state index contributed by atoms with van der Waals surface area (Å²) in [6, 6.07) is 9.22. The van der Waals surface area contributed by atoms with Crippen LogP contribution in [0.1, 0.15) is 12.0 Å². The first-order valence-electron chi connectivity index (χ1n) is 6.32. The van der Waals surface area contributed by atoms with Crippen LogP contribution in [0.2, 0.25) is 0 Å². The van der Waals surface area contributed by atoms with Gasteiger partial charge in [0.1, 0.15) is 11.6 Å². The van der Waals surface area contributed by atoms with E-state index >= 15 is 0 Å². The van der Waals surface area contributed by atoms with Gasteiger partial charge in [0.2, 0.25) is 0 Å². The number of aryl methyl sites for hydroxylation is 1. The maximum absolute atomic E-state index is 11.2. The minimum absolute atomic E-state index is 0.226. The lowest BCUT2D eigenvalue weighted by Crippen LogP contribution is -2.09. The van der Waals surface area contributed by atoms with Gasteiger partial charge in [0.25, 0.3) is 5.56 Å². The first-order chi connectivity index (χ1) is 9.63. The molecule has 0 bridgehead atoms. The number of nitrogens with two attached hydrogens (primary N) is 1. The Hall–Kier alpha value is -1.95. The smallest absolute Gasteiger partial charge is 0.253 e. The van der Waals surface area contributed by atoms with Crippen molar-refractivity contribution in [2.45, 2.75) is 18.5 Å². The summed E-state index contributed by atoms with van der Waals surface area (Å²) in [6.07, 6.45) is 0.858. The maximum Gasteiger partial charge on any atom is 0.253 e. The molecule has 1 aromatic carbocycles. The molecule has 0 aliphatic carbocycles. The number of hydrogen-bond acceptors (Lipinski definition) is 5. The van der Waals surface area contributed by atoms with E-state index in [9.17, 15) is 4.79 Å². The summed E-state index contributed by atoms with van der Waals surface area (Å²) in [7, 11) is 0. The van der Waals surface area contributed by atoms with E-state index in [2.05, 4.69) is 9.97 Å². The fourth-order valence-corrected chi connectivity index (χ4v) is 2.44. The molecule has 0 atom stereocenters. The predicted molar refractivity (Wildman–Crippen MR) is 81.3 cm³/mol. The van der Waals surface area contributed by atoms with Gasteiger partial charge in [-0.3, -0.25) is 4.79 Å². The molecule has 2 aromatic rings. The molecule has 0 fully saturated rings. The molecule has 106 valence electrons. The molecule has 1 heterocycles. The van der Waals surface area contributed by atoms with Gasteiger partial charge in [0, 0.05) is 11.8 Å². The highest BCUT2D eigenvalue weighted by molar-refractivity contribution is 7.99. The monoisotopic (exact) mass is 291 g/mol. The lowest BCUT2D eigenvalue weighted by molar-refractivity contribution is 0.318. The summed E-state index contributed by atoms with van der Waals surface area (Å²) < 4.78 is 5.64. The van der Waals surface area contributed by atoms with Gasteiger partial charge in [-0.25, -0.2) is 4.98 Å². The van der Waals surface area contributed by atoms with Crippen molar-refractivity contribution in [2.75, 3.05) is 18.1 Å². The molecule has 0 saturated heterocycles. The average molecular weight is 291 g/mol. The Morgan fingerprint density at radius 1 is 1.40 bits per heavy atom. The zero-order valence-electron chi connectivity index (χ0n) is 11.3. The highest BCUT2D eigenvalue weighted by Crippen LogP contribution is 2.15. The van der Waals surface area contributed by atoms with Crippen molar-refractivity contribution < 1.29 is 4.74 Å². The second-order valence-corrected chi connectivity index (χ2v) is 5.43. The summed E-state index contributed by atoms with van der Waals surface area (Å²) in [5.74, 6) is 1.93. The van der Waals surface area contributed by atoms with E-state index in [1.165, 1.54) is 23.4 Å². The first kappa shape index (κ1) is 14.5. The number of aromatic amines is 1. The van der Waals surface area contributed by atoms with Crippen LogP contribution in [-0.4, -0.2) is 22.3 Å². The van der Waals surface area contributed by atoms with Gasteiger partial charge in [-0.2, -0.15) is 0 Å². The van der Waals surface area contributed by atoms with E-state index in [1.54, 1.807) is 0 Å². The molecule has 0 spiro atoms. The number of hydrogen-bond donors (Lipinski definition) is 2. The number of thioether (sulfide) groups is 1. The Kier molecular flexibility index (Phi) is 5.06. The number of anilines is 1. The van der Waals surface area contributed by atoms with Gasteiger partial charge in [0.15, 0.2) is 5.16 Å². The third kappa shape index (κ3) is 4.62. The van der Waals surface area contributed by atoms with Gasteiger partial charge < -0.3 is 15.5 Å². The van der Waals surface area contributed by atoms with Crippen molar-refractivity contribution in [3.63, 3.8) is 0 Å². The highest BCUT2D eigenvalue weighted by Gasteiger charge is 2.00. The van der Waals surface area contributed by atoms with Crippen molar-refractivity contribution in [2.24, 2.45) is 0 Å². The Balaban J connectivity index is 1.73. The van der Waals surface area contributed by atoms with Crippen LogP contribution in [0.3, 0.4) is 0 Å². The number of aromatic nitrogens is 2. The zero-order chi connectivity index (χ0) is 14.4. The first-order valence-corrected chi connectivity index (χ1v) is 7.31. The molecule has 2 rings (SSSR count). The molecule has 0 saturated carbocycles. The van der Waals surface area contributed by atoms with Crippen LogP contribution in [0.4, 0.5) is 5.82 Å². The Morgan fingerprint density at radius 3 is 3.00 bits per heavy atom. The second-order valence-electron chi connectivity index (χ2n) is 4.34. The Morgan fingerprint density at radius 2 is 2.25 bits per heavy atom. The molecule has 3 N–H and O–H groups in total. The van der Waals surface area contributed by atoms with Crippen LogP contribution >= 0.6 is 11.8 Å². The maximum atomic E-state index is 11.2. The Bertz CT molecular complexity index is 628. The summed E-state index contributed by atoms with van der Waals surface area (Å²) in [5, 5.41) is 0.547. The summed E-state index contributed by atoms with van der Waals surface area (Å²) in [6.45, 7) is 2.66. The number of H-pyrrole nitrogens is 1. The summed E-state index contributed by atoms with van der Waals surface area (Å²) in [5.41, 5.74) is 6.46. The molecule has 0 aliphatic heterocycles. The number of benzene rings is 1.